The van der Waals surface area contributed by atoms with Gasteiger partial charge in [0.25, 0.3) is 0 Å². The Hall–Kier alpha value is -0.0800. The minimum Gasteiger partial charge on any atom is -0.309 e. The van der Waals surface area contributed by atoms with Crippen molar-refractivity contribution in [2.75, 3.05) is 26.2 Å². The van der Waals surface area contributed by atoms with Crippen LogP contribution in [-0.2, 0) is 0 Å². The smallest absolute Gasteiger partial charge is 0.0309 e. The summed E-state index contributed by atoms with van der Waals surface area (Å²) in [5.41, 5.74) is 0.433. The molecule has 1 saturated heterocycles. The quantitative estimate of drug-likeness (QED) is 0.810. The molecule has 0 amide bonds. The van der Waals surface area contributed by atoms with Gasteiger partial charge in [0.2, 0.25) is 0 Å². The largest absolute Gasteiger partial charge is 0.309 e. The van der Waals surface area contributed by atoms with Crippen molar-refractivity contribution in [3.05, 3.63) is 0 Å². The summed E-state index contributed by atoms with van der Waals surface area (Å²) in [6, 6.07) is 0. The van der Waals surface area contributed by atoms with E-state index in [-0.39, 0.29) is 0 Å². The van der Waals surface area contributed by atoms with Crippen molar-refractivity contribution in [1.29, 1.82) is 0 Å². The normalized spacial score (nSPS) is 44.1. The molecule has 2 nitrogen and oxygen atoms in total. The van der Waals surface area contributed by atoms with E-state index in [1.54, 1.807) is 0 Å². The van der Waals surface area contributed by atoms with E-state index >= 15 is 0 Å². The van der Waals surface area contributed by atoms with Gasteiger partial charge < -0.3 is 5.32 Å². The van der Waals surface area contributed by atoms with Crippen molar-refractivity contribution < 1.29 is 0 Å². The molecule has 1 N–H and O–H groups in total. The van der Waals surface area contributed by atoms with E-state index in [2.05, 4.69) is 24.1 Å². The first-order valence-corrected chi connectivity index (χ1v) is 7.63. The van der Waals surface area contributed by atoms with Crippen LogP contribution in [0.3, 0.4) is 0 Å². The summed E-state index contributed by atoms with van der Waals surface area (Å²) in [6.07, 6.45) is 7.33. The summed E-state index contributed by atoms with van der Waals surface area (Å²) in [7, 11) is 0. The summed E-state index contributed by atoms with van der Waals surface area (Å²) < 4.78 is 0. The van der Waals surface area contributed by atoms with Crippen LogP contribution in [0, 0.1) is 17.8 Å². The van der Waals surface area contributed by atoms with E-state index in [0.717, 1.165) is 17.8 Å². The molecule has 1 aliphatic heterocycles. The van der Waals surface area contributed by atoms with Crippen LogP contribution < -0.4 is 5.32 Å². The number of piperazine rings is 1. The van der Waals surface area contributed by atoms with Crippen LogP contribution in [0.2, 0.25) is 0 Å². The van der Waals surface area contributed by atoms with Crippen molar-refractivity contribution >= 4 is 0 Å². The molecule has 98 valence electrons. The lowest BCUT2D eigenvalue weighted by Gasteiger charge is -2.43. The molecule has 0 aromatic heterocycles. The fourth-order valence-corrected chi connectivity index (χ4v) is 4.10. The monoisotopic (exact) mass is 236 g/mol. The molecule has 0 aromatic rings. The van der Waals surface area contributed by atoms with Gasteiger partial charge in [-0.15, -0.1) is 0 Å². The average Bonchev–Trinajstić information content (AvgIpc) is 3.05. The van der Waals surface area contributed by atoms with E-state index in [4.69, 9.17) is 0 Å². The first kappa shape index (κ1) is 12.0. The lowest BCUT2D eigenvalue weighted by molar-refractivity contribution is 0.111. The molecule has 3 atom stereocenters. The number of nitrogens with one attached hydrogen (secondary N) is 1. The molecular weight excluding hydrogens is 208 g/mol. The Labute approximate surface area is 106 Å². The number of hydrogen-bond donors (Lipinski definition) is 1. The van der Waals surface area contributed by atoms with E-state index in [1.807, 2.05) is 0 Å². The van der Waals surface area contributed by atoms with Crippen LogP contribution in [0.5, 0.6) is 0 Å². The Kier molecular flexibility index (Phi) is 3.20. The van der Waals surface area contributed by atoms with Crippen LogP contribution in [-0.4, -0.2) is 36.6 Å². The molecule has 2 aliphatic carbocycles. The predicted octanol–water partition coefficient (Wildman–Crippen LogP) is 2.50. The van der Waals surface area contributed by atoms with Crippen LogP contribution in [0.1, 0.15) is 46.0 Å². The molecule has 0 spiro atoms. The maximum absolute atomic E-state index is 3.78. The van der Waals surface area contributed by atoms with Gasteiger partial charge in [-0.1, -0.05) is 13.3 Å². The molecular formula is C15H28N2. The standard InChI is InChI=1S/C15H28N2/c1-12-3-4-13(9-12)10-17-8-7-16-15(2,11-17)14-5-6-14/h12-14,16H,3-11H2,1-2H3. The Morgan fingerprint density at radius 2 is 2.06 bits per heavy atom. The second-order valence-electron chi connectivity index (χ2n) is 7.14. The van der Waals surface area contributed by atoms with Gasteiger partial charge in [-0.05, 0) is 50.4 Å². The molecule has 0 bridgehead atoms. The summed E-state index contributed by atoms with van der Waals surface area (Å²) in [6.45, 7) is 10.0. The van der Waals surface area contributed by atoms with Crippen LogP contribution in [0.25, 0.3) is 0 Å². The first-order valence-electron chi connectivity index (χ1n) is 7.63. The van der Waals surface area contributed by atoms with Crippen molar-refractivity contribution in [3.63, 3.8) is 0 Å². The zero-order valence-corrected chi connectivity index (χ0v) is 11.5. The minimum absolute atomic E-state index is 0.433. The lowest BCUT2D eigenvalue weighted by atomic mass is 9.92. The third-order valence-corrected chi connectivity index (χ3v) is 5.31. The van der Waals surface area contributed by atoms with Gasteiger partial charge in [0, 0.05) is 31.7 Å². The number of rotatable bonds is 3. The summed E-state index contributed by atoms with van der Waals surface area (Å²) in [5.74, 6) is 2.94. The molecule has 3 aliphatic rings. The second-order valence-corrected chi connectivity index (χ2v) is 7.14. The van der Waals surface area contributed by atoms with E-state index in [1.165, 1.54) is 58.3 Å². The van der Waals surface area contributed by atoms with E-state index in [9.17, 15) is 0 Å². The third-order valence-electron chi connectivity index (χ3n) is 5.31. The van der Waals surface area contributed by atoms with Gasteiger partial charge in [-0.25, -0.2) is 0 Å². The van der Waals surface area contributed by atoms with Crippen molar-refractivity contribution in [2.24, 2.45) is 17.8 Å². The molecule has 0 aromatic carbocycles. The van der Waals surface area contributed by atoms with Crippen molar-refractivity contribution in [1.82, 2.24) is 10.2 Å². The average molecular weight is 236 g/mol. The fraction of sp³-hybridized carbons (Fsp3) is 1.00. The zero-order chi connectivity index (χ0) is 11.9. The molecule has 17 heavy (non-hydrogen) atoms. The van der Waals surface area contributed by atoms with Crippen molar-refractivity contribution in [2.45, 2.75) is 51.5 Å². The predicted molar refractivity (Wildman–Crippen MR) is 72.1 cm³/mol. The minimum atomic E-state index is 0.433. The van der Waals surface area contributed by atoms with Crippen LogP contribution in [0.15, 0.2) is 0 Å². The van der Waals surface area contributed by atoms with Gasteiger partial charge in [0.15, 0.2) is 0 Å². The van der Waals surface area contributed by atoms with Gasteiger partial charge in [-0.2, -0.15) is 0 Å². The molecule has 2 heteroatoms. The summed E-state index contributed by atoms with van der Waals surface area (Å²) in [4.78, 5) is 2.75. The van der Waals surface area contributed by atoms with Gasteiger partial charge in [0.05, 0.1) is 0 Å². The van der Waals surface area contributed by atoms with Gasteiger partial charge in [-0.3, -0.25) is 4.90 Å². The number of hydrogen-bond acceptors (Lipinski definition) is 2. The summed E-state index contributed by atoms with van der Waals surface area (Å²) >= 11 is 0. The Morgan fingerprint density at radius 1 is 1.24 bits per heavy atom. The Balaban J connectivity index is 1.53. The SMILES string of the molecule is CC1CCC(CN2CCNC(C)(C3CC3)C2)C1. The molecule has 3 unspecified atom stereocenters. The molecule has 2 saturated carbocycles. The maximum Gasteiger partial charge on any atom is 0.0309 e. The van der Waals surface area contributed by atoms with Gasteiger partial charge >= 0.3 is 0 Å². The molecule has 3 rings (SSSR count). The highest BCUT2D eigenvalue weighted by Crippen LogP contribution is 2.41. The maximum atomic E-state index is 3.78. The van der Waals surface area contributed by atoms with Crippen LogP contribution >= 0.6 is 0 Å². The topological polar surface area (TPSA) is 15.3 Å². The highest BCUT2D eigenvalue weighted by Gasteiger charge is 2.44. The Morgan fingerprint density at radius 3 is 2.71 bits per heavy atom. The highest BCUT2D eigenvalue weighted by atomic mass is 15.2. The summed E-state index contributed by atoms with van der Waals surface area (Å²) in [5, 5.41) is 3.78. The fourth-order valence-electron chi connectivity index (χ4n) is 4.10. The second kappa shape index (κ2) is 4.55. The number of nitrogens with zero attached hydrogens (tertiary/aromatic N) is 1. The van der Waals surface area contributed by atoms with Crippen molar-refractivity contribution in [3.8, 4) is 0 Å². The lowest BCUT2D eigenvalue weighted by Crippen LogP contribution is -2.60. The zero-order valence-electron chi connectivity index (χ0n) is 11.5. The molecule has 3 fully saturated rings. The van der Waals surface area contributed by atoms with E-state index < -0.39 is 0 Å². The van der Waals surface area contributed by atoms with Crippen LogP contribution in [0.4, 0.5) is 0 Å². The van der Waals surface area contributed by atoms with Gasteiger partial charge in [0.1, 0.15) is 0 Å². The van der Waals surface area contributed by atoms with E-state index in [0.29, 0.717) is 5.54 Å². The first-order chi connectivity index (χ1) is 8.16. The third kappa shape index (κ3) is 2.68. The highest BCUT2D eigenvalue weighted by molar-refractivity contribution is 5.02. The molecule has 0 radical (unpaired) electrons. The Bertz CT molecular complexity index is 274. The molecule has 1 heterocycles.